The van der Waals surface area contributed by atoms with Gasteiger partial charge in [0.2, 0.25) is 5.95 Å². The van der Waals surface area contributed by atoms with Crippen LogP contribution in [0.25, 0.3) is 0 Å². The van der Waals surface area contributed by atoms with Crippen molar-refractivity contribution in [3.63, 3.8) is 0 Å². The fourth-order valence-corrected chi connectivity index (χ4v) is 4.90. The standard InChI is InChI=1S/C17H12F2NOP/c18-16-11-15(12-20-17(16)19)22(21,13-7-3-1-4-8-13)14-9-5-2-6-10-14/h1-12H. The van der Waals surface area contributed by atoms with E-state index in [1.807, 2.05) is 12.1 Å². The third kappa shape index (κ3) is 2.46. The molecule has 22 heavy (non-hydrogen) atoms. The highest BCUT2D eigenvalue weighted by atomic mass is 31.2. The normalized spacial score (nSPS) is 11.4. The Hall–Kier alpha value is -2.32. The summed E-state index contributed by atoms with van der Waals surface area (Å²) in [6, 6.07) is 18.5. The van der Waals surface area contributed by atoms with Crippen molar-refractivity contribution in [3.05, 3.63) is 84.7 Å². The molecule has 1 heterocycles. The summed E-state index contributed by atoms with van der Waals surface area (Å²) in [5.74, 6) is -2.30. The highest BCUT2D eigenvalue weighted by molar-refractivity contribution is 7.85. The van der Waals surface area contributed by atoms with Crippen molar-refractivity contribution in [3.8, 4) is 0 Å². The van der Waals surface area contributed by atoms with Gasteiger partial charge in [0, 0.05) is 22.1 Å². The summed E-state index contributed by atoms with van der Waals surface area (Å²) >= 11 is 0. The molecule has 0 fully saturated rings. The van der Waals surface area contributed by atoms with Gasteiger partial charge in [0.25, 0.3) is 0 Å². The molecule has 0 spiro atoms. The van der Waals surface area contributed by atoms with E-state index in [4.69, 9.17) is 0 Å². The van der Waals surface area contributed by atoms with Gasteiger partial charge in [-0.25, -0.2) is 9.37 Å². The first-order chi connectivity index (χ1) is 10.6. The Kier molecular flexibility index (Phi) is 3.86. The van der Waals surface area contributed by atoms with Gasteiger partial charge in [-0.05, 0) is 6.07 Å². The Bertz CT molecular complexity index is 794. The molecule has 2 aromatic carbocycles. The Balaban J connectivity index is 2.28. The van der Waals surface area contributed by atoms with Crippen LogP contribution in [-0.2, 0) is 4.57 Å². The predicted octanol–water partition coefficient (Wildman–Crippen LogP) is 3.00. The van der Waals surface area contributed by atoms with Crippen LogP contribution in [0, 0.1) is 11.8 Å². The summed E-state index contributed by atoms with van der Waals surface area (Å²) in [6.45, 7) is 0. The Labute approximate surface area is 126 Å². The SMILES string of the molecule is O=P(c1ccccc1)(c1ccccc1)c1cnc(F)c(F)c1. The minimum absolute atomic E-state index is 0.170. The van der Waals surface area contributed by atoms with E-state index in [9.17, 15) is 13.3 Å². The van der Waals surface area contributed by atoms with E-state index < -0.39 is 18.9 Å². The molecule has 1 aromatic heterocycles. The molecule has 0 saturated heterocycles. The van der Waals surface area contributed by atoms with Crippen molar-refractivity contribution in [2.75, 3.05) is 0 Å². The van der Waals surface area contributed by atoms with Crippen molar-refractivity contribution in [1.82, 2.24) is 4.98 Å². The van der Waals surface area contributed by atoms with Gasteiger partial charge in [-0.1, -0.05) is 60.7 Å². The first-order valence-electron chi connectivity index (χ1n) is 6.65. The number of pyridine rings is 1. The van der Waals surface area contributed by atoms with Gasteiger partial charge in [0.1, 0.15) is 0 Å². The fraction of sp³-hybridized carbons (Fsp3) is 0. The summed E-state index contributed by atoms with van der Waals surface area (Å²) in [5.41, 5.74) is 0. The van der Waals surface area contributed by atoms with Crippen molar-refractivity contribution in [2.45, 2.75) is 0 Å². The van der Waals surface area contributed by atoms with Crippen molar-refractivity contribution in [1.29, 1.82) is 0 Å². The summed E-state index contributed by atoms with van der Waals surface area (Å²) in [5, 5.41) is 1.27. The largest absolute Gasteiger partial charge is 0.309 e. The molecule has 0 amide bonds. The van der Waals surface area contributed by atoms with Crippen LogP contribution in [0.5, 0.6) is 0 Å². The molecule has 110 valence electrons. The third-order valence-electron chi connectivity index (χ3n) is 3.39. The molecular formula is C17H12F2NOP. The highest BCUT2D eigenvalue weighted by Gasteiger charge is 2.30. The number of aromatic nitrogens is 1. The quantitative estimate of drug-likeness (QED) is 0.549. The second kappa shape index (κ2) is 5.82. The molecule has 3 rings (SSSR count). The van der Waals surface area contributed by atoms with Gasteiger partial charge in [0.05, 0.1) is 0 Å². The molecule has 0 radical (unpaired) electrons. The predicted molar refractivity (Wildman–Crippen MR) is 83.5 cm³/mol. The smallest absolute Gasteiger partial charge is 0.248 e. The summed E-state index contributed by atoms with van der Waals surface area (Å²) in [7, 11) is -3.29. The van der Waals surface area contributed by atoms with E-state index in [-0.39, 0.29) is 5.30 Å². The summed E-state index contributed by atoms with van der Waals surface area (Å²) < 4.78 is 40.5. The van der Waals surface area contributed by atoms with E-state index in [1.54, 1.807) is 48.5 Å². The van der Waals surface area contributed by atoms with Crippen LogP contribution in [0.15, 0.2) is 72.9 Å². The molecule has 0 aliphatic carbocycles. The van der Waals surface area contributed by atoms with Crippen LogP contribution in [0.4, 0.5) is 8.78 Å². The molecule has 0 bridgehead atoms. The van der Waals surface area contributed by atoms with E-state index in [0.29, 0.717) is 10.6 Å². The van der Waals surface area contributed by atoms with Gasteiger partial charge in [-0.2, -0.15) is 4.39 Å². The number of rotatable bonds is 3. The first kappa shape index (κ1) is 14.6. The Morgan fingerprint density at radius 1 is 0.773 bits per heavy atom. The maximum atomic E-state index is 13.8. The maximum absolute atomic E-state index is 13.8. The van der Waals surface area contributed by atoms with Gasteiger partial charge in [-0.3, -0.25) is 0 Å². The van der Waals surface area contributed by atoms with Crippen molar-refractivity contribution < 1.29 is 13.3 Å². The minimum atomic E-state index is -3.29. The zero-order chi connectivity index (χ0) is 15.6. The molecule has 0 atom stereocenters. The third-order valence-corrected chi connectivity index (χ3v) is 6.41. The molecular weight excluding hydrogens is 303 g/mol. The lowest BCUT2D eigenvalue weighted by Crippen LogP contribution is -2.26. The molecule has 0 aliphatic rings. The summed E-state index contributed by atoms with van der Waals surface area (Å²) in [4.78, 5) is 3.38. The molecule has 2 nitrogen and oxygen atoms in total. The molecule has 5 heteroatoms. The van der Waals surface area contributed by atoms with Crippen LogP contribution in [0.1, 0.15) is 0 Å². The van der Waals surface area contributed by atoms with Crippen LogP contribution in [0.2, 0.25) is 0 Å². The van der Waals surface area contributed by atoms with Gasteiger partial charge in [-0.15, -0.1) is 0 Å². The summed E-state index contributed by atoms with van der Waals surface area (Å²) in [6.07, 6.45) is 1.14. The van der Waals surface area contributed by atoms with Gasteiger partial charge >= 0.3 is 0 Å². The topological polar surface area (TPSA) is 30.0 Å². The van der Waals surface area contributed by atoms with E-state index in [2.05, 4.69) is 4.98 Å². The van der Waals surface area contributed by atoms with E-state index in [1.165, 1.54) is 0 Å². The molecule has 0 saturated carbocycles. The second-order valence-electron chi connectivity index (χ2n) is 4.75. The van der Waals surface area contributed by atoms with Crippen molar-refractivity contribution >= 4 is 23.1 Å². The molecule has 0 unspecified atom stereocenters. The lowest BCUT2D eigenvalue weighted by atomic mass is 10.4. The second-order valence-corrected chi connectivity index (χ2v) is 7.51. The van der Waals surface area contributed by atoms with Crippen molar-refractivity contribution in [2.24, 2.45) is 0 Å². The zero-order valence-electron chi connectivity index (χ0n) is 11.5. The number of benzene rings is 2. The van der Waals surface area contributed by atoms with E-state index >= 15 is 0 Å². The maximum Gasteiger partial charge on any atom is 0.248 e. The van der Waals surface area contributed by atoms with E-state index in [0.717, 1.165) is 12.3 Å². The minimum Gasteiger partial charge on any atom is -0.309 e. The number of nitrogens with zero attached hydrogens (tertiary/aromatic N) is 1. The lowest BCUT2D eigenvalue weighted by molar-refractivity contribution is 0.480. The van der Waals surface area contributed by atoms with Crippen LogP contribution >= 0.6 is 7.14 Å². The zero-order valence-corrected chi connectivity index (χ0v) is 12.4. The lowest BCUT2D eigenvalue weighted by Gasteiger charge is -2.19. The molecule has 0 aliphatic heterocycles. The average Bonchev–Trinajstić information content (AvgIpc) is 2.58. The van der Waals surface area contributed by atoms with Crippen LogP contribution in [-0.4, -0.2) is 4.98 Å². The van der Waals surface area contributed by atoms with Gasteiger partial charge < -0.3 is 4.57 Å². The van der Waals surface area contributed by atoms with Crippen LogP contribution < -0.4 is 15.9 Å². The molecule has 3 aromatic rings. The first-order valence-corrected chi connectivity index (χ1v) is 8.36. The number of halogens is 2. The number of hydrogen-bond acceptors (Lipinski definition) is 2. The number of hydrogen-bond donors (Lipinski definition) is 0. The average molecular weight is 315 g/mol. The Morgan fingerprint density at radius 3 is 1.73 bits per heavy atom. The van der Waals surface area contributed by atoms with Gasteiger partial charge in [0.15, 0.2) is 13.0 Å². The highest BCUT2D eigenvalue weighted by Crippen LogP contribution is 2.42. The monoisotopic (exact) mass is 315 g/mol. The fourth-order valence-electron chi connectivity index (χ4n) is 2.31. The molecule has 0 N–H and O–H groups in total. The van der Waals surface area contributed by atoms with Crippen LogP contribution in [0.3, 0.4) is 0 Å². The Morgan fingerprint density at radius 2 is 1.27 bits per heavy atom.